The number of methoxy groups -OCH3 is 1. The summed E-state index contributed by atoms with van der Waals surface area (Å²) in [7, 11) is 1.35. The van der Waals surface area contributed by atoms with Gasteiger partial charge in [0.2, 0.25) is 0 Å². The number of phenolic OH excluding ortho intramolecular Hbond substituents is 1. The number of phenols is 1. The van der Waals surface area contributed by atoms with Gasteiger partial charge in [0.25, 0.3) is 0 Å². The fraction of sp³-hybridized carbons (Fsp3) is 0.312. The number of hydrogen-bond acceptors (Lipinski definition) is 4. The zero-order chi connectivity index (χ0) is 14.9. The van der Waals surface area contributed by atoms with Crippen molar-refractivity contribution < 1.29 is 14.6 Å². The molecule has 0 heterocycles. The first-order valence-corrected chi connectivity index (χ1v) is 6.44. The molecule has 5 heteroatoms. The number of esters is 1. The minimum absolute atomic E-state index is 0. The lowest BCUT2D eigenvalue weighted by atomic mass is 9.79. The molecule has 0 radical (unpaired) electrons. The van der Waals surface area contributed by atoms with E-state index in [9.17, 15) is 9.90 Å². The number of carbonyl (C=O) groups excluding carboxylic acids is 1. The van der Waals surface area contributed by atoms with Gasteiger partial charge in [0.15, 0.2) is 0 Å². The lowest BCUT2D eigenvalue weighted by Gasteiger charge is -2.29. The van der Waals surface area contributed by atoms with Crippen LogP contribution in [0.5, 0.6) is 5.75 Å². The molecule has 0 aliphatic rings. The molecule has 0 unspecified atom stereocenters. The van der Waals surface area contributed by atoms with Crippen LogP contribution in [-0.2, 0) is 9.53 Å². The van der Waals surface area contributed by atoms with Crippen molar-refractivity contribution in [2.45, 2.75) is 19.9 Å². The second-order valence-corrected chi connectivity index (χ2v) is 5.41. The topological polar surface area (TPSA) is 72.5 Å². The highest BCUT2D eigenvalue weighted by molar-refractivity contribution is 5.92. The summed E-state index contributed by atoms with van der Waals surface area (Å²) in [4.78, 5) is 11.9. The highest BCUT2D eigenvalue weighted by Gasteiger charge is 2.37. The van der Waals surface area contributed by atoms with E-state index in [1.807, 2.05) is 24.3 Å². The zero-order valence-electron chi connectivity index (χ0n) is 12.3. The van der Waals surface area contributed by atoms with Crippen molar-refractivity contribution in [2.24, 2.45) is 11.1 Å². The number of nitrogens with two attached hydrogens (primary N) is 1. The minimum atomic E-state index is -0.853. The molecular weight excluding hydrogens is 290 g/mol. The minimum Gasteiger partial charge on any atom is -0.507 e. The summed E-state index contributed by atoms with van der Waals surface area (Å²) in [5.41, 5.74) is 6.24. The lowest BCUT2D eigenvalue weighted by Crippen LogP contribution is -2.37. The third-order valence-electron chi connectivity index (χ3n) is 3.76. The fourth-order valence-electron chi connectivity index (χ4n) is 2.36. The summed E-state index contributed by atoms with van der Waals surface area (Å²) < 4.78 is 4.83. The number of benzene rings is 2. The first kappa shape index (κ1) is 17.3. The van der Waals surface area contributed by atoms with Crippen molar-refractivity contribution in [3.05, 3.63) is 42.0 Å². The Labute approximate surface area is 130 Å². The average molecular weight is 310 g/mol. The monoisotopic (exact) mass is 309 g/mol. The summed E-state index contributed by atoms with van der Waals surface area (Å²) in [6.45, 7) is 3.51. The first-order valence-electron chi connectivity index (χ1n) is 6.44. The Morgan fingerprint density at radius 2 is 1.76 bits per heavy atom. The normalized spacial score (nSPS) is 12.6. The van der Waals surface area contributed by atoms with E-state index in [4.69, 9.17) is 10.5 Å². The Bertz CT molecular complexity index is 655. The van der Waals surface area contributed by atoms with Crippen LogP contribution in [0.15, 0.2) is 36.4 Å². The number of halogens is 1. The molecular formula is C16H20ClNO3. The van der Waals surface area contributed by atoms with Gasteiger partial charge >= 0.3 is 5.97 Å². The maximum atomic E-state index is 11.9. The molecule has 0 aliphatic heterocycles. The van der Waals surface area contributed by atoms with Crippen molar-refractivity contribution in [2.75, 3.05) is 7.11 Å². The number of fused-ring (bicyclic) bond motifs is 1. The van der Waals surface area contributed by atoms with Crippen LogP contribution in [0.3, 0.4) is 0 Å². The zero-order valence-corrected chi connectivity index (χ0v) is 13.1. The molecule has 0 saturated carbocycles. The van der Waals surface area contributed by atoms with Crippen molar-refractivity contribution in [3.63, 3.8) is 0 Å². The summed E-state index contributed by atoms with van der Waals surface area (Å²) in [5.74, 6) is -0.158. The van der Waals surface area contributed by atoms with Gasteiger partial charge in [0.1, 0.15) is 5.75 Å². The van der Waals surface area contributed by atoms with Gasteiger partial charge < -0.3 is 15.6 Å². The van der Waals surface area contributed by atoms with Crippen LogP contribution in [0.4, 0.5) is 0 Å². The highest BCUT2D eigenvalue weighted by Crippen LogP contribution is 2.38. The lowest BCUT2D eigenvalue weighted by molar-refractivity contribution is -0.152. The van der Waals surface area contributed by atoms with Crippen molar-refractivity contribution in [1.82, 2.24) is 0 Å². The third kappa shape index (κ3) is 2.96. The molecule has 2 aromatic carbocycles. The van der Waals surface area contributed by atoms with E-state index in [1.54, 1.807) is 26.0 Å². The van der Waals surface area contributed by atoms with E-state index in [1.165, 1.54) is 7.11 Å². The largest absolute Gasteiger partial charge is 0.507 e. The Kier molecular flexibility index (Phi) is 5.20. The average Bonchev–Trinajstić information content (AvgIpc) is 2.46. The summed E-state index contributed by atoms with van der Waals surface area (Å²) >= 11 is 0. The fourth-order valence-corrected chi connectivity index (χ4v) is 2.36. The van der Waals surface area contributed by atoms with Crippen LogP contribution < -0.4 is 5.73 Å². The smallest absolute Gasteiger partial charge is 0.313 e. The number of ether oxygens (including phenoxy) is 1. The van der Waals surface area contributed by atoms with Gasteiger partial charge in [0, 0.05) is 11.4 Å². The molecule has 0 spiro atoms. The molecule has 2 aromatic rings. The first-order chi connectivity index (χ1) is 9.39. The van der Waals surface area contributed by atoms with E-state index < -0.39 is 11.5 Å². The van der Waals surface area contributed by atoms with Crippen LogP contribution in [0.25, 0.3) is 10.8 Å². The van der Waals surface area contributed by atoms with Crippen LogP contribution in [0.2, 0.25) is 0 Å². The van der Waals surface area contributed by atoms with Crippen molar-refractivity contribution >= 4 is 29.1 Å². The summed E-state index contributed by atoms with van der Waals surface area (Å²) in [6.07, 6.45) is 0. The maximum absolute atomic E-state index is 11.9. The predicted molar refractivity (Wildman–Crippen MR) is 85.6 cm³/mol. The van der Waals surface area contributed by atoms with Gasteiger partial charge in [-0.1, -0.05) is 30.3 Å². The molecule has 0 aromatic heterocycles. The van der Waals surface area contributed by atoms with Gasteiger partial charge in [-0.15, -0.1) is 12.4 Å². The Balaban J connectivity index is 0.00000220. The van der Waals surface area contributed by atoms with Crippen molar-refractivity contribution in [3.8, 4) is 5.75 Å². The Hall–Kier alpha value is -1.78. The summed E-state index contributed by atoms with van der Waals surface area (Å²) in [5, 5.41) is 11.5. The van der Waals surface area contributed by atoms with Crippen LogP contribution in [0, 0.1) is 5.41 Å². The summed E-state index contributed by atoms with van der Waals surface area (Å²) in [6, 6.07) is 10.3. The Morgan fingerprint density at radius 3 is 2.33 bits per heavy atom. The van der Waals surface area contributed by atoms with Crippen LogP contribution in [-0.4, -0.2) is 18.2 Å². The second kappa shape index (κ2) is 6.33. The molecule has 4 nitrogen and oxygen atoms in total. The maximum Gasteiger partial charge on any atom is 0.313 e. The third-order valence-corrected chi connectivity index (χ3v) is 3.76. The van der Waals surface area contributed by atoms with E-state index in [0.29, 0.717) is 0 Å². The number of aromatic hydroxyl groups is 1. The molecule has 0 bridgehead atoms. The van der Waals surface area contributed by atoms with Gasteiger partial charge in [-0.05, 0) is 30.9 Å². The molecule has 3 N–H and O–H groups in total. The molecule has 2 rings (SSSR count). The number of rotatable bonds is 3. The highest BCUT2D eigenvalue weighted by atomic mass is 35.5. The van der Waals surface area contributed by atoms with E-state index in [-0.39, 0.29) is 24.1 Å². The van der Waals surface area contributed by atoms with Gasteiger partial charge in [0.05, 0.1) is 12.5 Å². The second-order valence-electron chi connectivity index (χ2n) is 5.41. The Morgan fingerprint density at radius 1 is 1.19 bits per heavy atom. The van der Waals surface area contributed by atoms with Crippen molar-refractivity contribution in [1.29, 1.82) is 0 Å². The molecule has 0 saturated heterocycles. The van der Waals surface area contributed by atoms with E-state index >= 15 is 0 Å². The molecule has 0 fully saturated rings. The quantitative estimate of drug-likeness (QED) is 0.854. The molecule has 21 heavy (non-hydrogen) atoms. The molecule has 0 aliphatic carbocycles. The molecule has 1 atom stereocenters. The van der Waals surface area contributed by atoms with Gasteiger partial charge in [-0.25, -0.2) is 0 Å². The molecule has 0 amide bonds. The van der Waals surface area contributed by atoms with E-state index in [2.05, 4.69) is 0 Å². The van der Waals surface area contributed by atoms with Crippen LogP contribution >= 0.6 is 12.4 Å². The SMILES string of the molecule is COC(=O)C(C)(C)[C@@H](N)c1ccc(O)c2ccccc12.Cl. The van der Waals surface area contributed by atoms with Crippen LogP contribution in [0.1, 0.15) is 25.5 Å². The number of hydrogen-bond donors (Lipinski definition) is 2. The molecule has 114 valence electrons. The van der Waals surface area contributed by atoms with E-state index in [0.717, 1.165) is 16.3 Å². The number of carbonyl (C=O) groups is 1. The van der Waals surface area contributed by atoms with Gasteiger partial charge in [-0.3, -0.25) is 4.79 Å². The standard InChI is InChI=1S/C16H19NO3.ClH/c1-16(2,15(19)20-3)14(17)12-8-9-13(18)11-7-5-4-6-10(11)12;/h4-9,14,18H,17H2,1-3H3;1H/t14-;/m0./s1. The predicted octanol–water partition coefficient (Wildman–Crippen LogP) is 3.17. The van der Waals surface area contributed by atoms with Gasteiger partial charge in [-0.2, -0.15) is 0 Å².